The van der Waals surface area contributed by atoms with Crippen molar-refractivity contribution in [1.29, 1.82) is 0 Å². The Labute approximate surface area is 98.4 Å². The molecule has 0 radical (unpaired) electrons. The van der Waals surface area contributed by atoms with Crippen LogP contribution in [0.4, 0.5) is 22.0 Å². The first kappa shape index (κ1) is 16.6. The zero-order valence-corrected chi connectivity index (χ0v) is 9.39. The van der Waals surface area contributed by atoms with Gasteiger partial charge in [0.1, 0.15) is 0 Å². The Kier molecular flexibility index (Phi) is 4.33. The Morgan fingerprint density at radius 3 is 1.78 bits per heavy atom. The predicted molar refractivity (Wildman–Crippen MR) is 48.5 cm³/mol. The van der Waals surface area contributed by atoms with E-state index in [4.69, 9.17) is 10.2 Å². The molecule has 0 aromatic rings. The van der Waals surface area contributed by atoms with E-state index in [-0.39, 0.29) is 6.92 Å². The normalized spacial score (nSPS) is 17.9. The number of aliphatic carboxylic acids is 2. The minimum absolute atomic E-state index is 0.0530. The van der Waals surface area contributed by atoms with Gasteiger partial charge in [-0.15, -0.1) is 0 Å². The Hall–Kier alpha value is -1.41. The van der Waals surface area contributed by atoms with Crippen LogP contribution in [-0.2, 0) is 9.59 Å². The Morgan fingerprint density at radius 2 is 1.50 bits per heavy atom. The van der Waals surface area contributed by atoms with Gasteiger partial charge in [0.25, 0.3) is 0 Å². The van der Waals surface area contributed by atoms with Crippen molar-refractivity contribution in [3.63, 3.8) is 0 Å². The summed E-state index contributed by atoms with van der Waals surface area (Å²) in [5.74, 6) is -18.0. The fourth-order valence-corrected chi connectivity index (χ4v) is 1.20. The van der Waals surface area contributed by atoms with Gasteiger partial charge in [-0.2, -0.15) is 17.6 Å². The van der Waals surface area contributed by atoms with Gasteiger partial charge in [-0.25, -0.2) is 9.18 Å². The van der Waals surface area contributed by atoms with Crippen LogP contribution in [0.3, 0.4) is 0 Å². The van der Waals surface area contributed by atoms with Crippen LogP contribution in [0.15, 0.2) is 0 Å². The van der Waals surface area contributed by atoms with Crippen molar-refractivity contribution in [3.05, 3.63) is 0 Å². The summed E-state index contributed by atoms with van der Waals surface area (Å²) in [6, 6.07) is 0. The summed E-state index contributed by atoms with van der Waals surface area (Å²) in [4.78, 5) is 20.3. The van der Waals surface area contributed by atoms with Crippen LogP contribution in [0.1, 0.15) is 20.3 Å². The van der Waals surface area contributed by atoms with Crippen LogP contribution in [0.2, 0.25) is 0 Å². The van der Waals surface area contributed by atoms with Gasteiger partial charge in [0.2, 0.25) is 0 Å². The summed E-state index contributed by atoms with van der Waals surface area (Å²) in [5.41, 5.74) is -3.99. The minimum Gasteiger partial charge on any atom is -0.481 e. The third-order valence-corrected chi connectivity index (χ3v) is 2.68. The third-order valence-electron chi connectivity index (χ3n) is 2.68. The Bertz CT molecular complexity index is 353. The molecule has 9 heteroatoms. The number of carboxylic acids is 2. The summed E-state index contributed by atoms with van der Waals surface area (Å²) in [7, 11) is 0. The quantitative estimate of drug-likeness (QED) is 0.730. The lowest BCUT2D eigenvalue weighted by Gasteiger charge is -2.37. The highest BCUT2D eigenvalue weighted by Crippen LogP contribution is 2.48. The maximum Gasteiger partial charge on any atom is 0.407 e. The highest BCUT2D eigenvalue weighted by molar-refractivity contribution is 5.77. The van der Waals surface area contributed by atoms with E-state index in [0.29, 0.717) is 6.92 Å². The zero-order valence-electron chi connectivity index (χ0n) is 9.39. The second-order valence-corrected chi connectivity index (χ2v) is 4.03. The van der Waals surface area contributed by atoms with Gasteiger partial charge in [-0.05, 0) is 6.92 Å². The molecule has 0 bridgehead atoms. The SMILES string of the molecule is CC(CC(=O)O)C(C)(F)C(F)(F)C(F)(F)C(=O)O. The lowest BCUT2D eigenvalue weighted by Crippen LogP contribution is -2.61. The van der Waals surface area contributed by atoms with Crippen molar-refractivity contribution in [2.24, 2.45) is 5.92 Å². The lowest BCUT2D eigenvalue weighted by atomic mass is 9.81. The maximum absolute atomic E-state index is 13.7. The Morgan fingerprint density at radius 1 is 1.11 bits per heavy atom. The van der Waals surface area contributed by atoms with Crippen molar-refractivity contribution in [3.8, 4) is 0 Å². The average Bonchev–Trinajstić information content (AvgIpc) is 2.15. The third kappa shape index (κ3) is 2.54. The van der Waals surface area contributed by atoms with Crippen LogP contribution >= 0.6 is 0 Å². The standard InChI is InChI=1S/C9H11F5O4/c1-4(3-5(15)16)7(2,10)9(13,14)8(11,12)6(17)18/h4H,3H2,1-2H3,(H,15,16)(H,17,18). The number of hydrogen-bond donors (Lipinski definition) is 2. The van der Waals surface area contributed by atoms with Gasteiger partial charge in [0, 0.05) is 5.92 Å². The molecule has 106 valence electrons. The fourth-order valence-electron chi connectivity index (χ4n) is 1.20. The van der Waals surface area contributed by atoms with E-state index < -0.39 is 41.8 Å². The number of carboxylic acid groups (broad SMARTS) is 2. The van der Waals surface area contributed by atoms with Gasteiger partial charge < -0.3 is 10.2 Å². The molecule has 2 atom stereocenters. The molecular formula is C9H11F5O4. The van der Waals surface area contributed by atoms with Crippen LogP contribution in [0, 0.1) is 5.92 Å². The van der Waals surface area contributed by atoms with Crippen LogP contribution in [-0.4, -0.2) is 39.7 Å². The molecule has 0 saturated heterocycles. The number of hydrogen-bond acceptors (Lipinski definition) is 2. The molecule has 0 rings (SSSR count). The molecule has 0 aliphatic heterocycles. The number of halogens is 5. The fraction of sp³-hybridized carbons (Fsp3) is 0.778. The van der Waals surface area contributed by atoms with E-state index in [1.807, 2.05) is 0 Å². The number of rotatable bonds is 6. The minimum atomic E-state index is -5.64. The first-order chi connectivity index (χ1) is 7.78. The largest absolute Gasteiger partial charge is 0.481 e. The summed E-state index contributed by atoms with van der Waals surface area (Å²) < 4.78 is 65.7. The van der Waals surface area contributed by atoms with Crippen molar-refractivity contribution in [2.75, 3.05) is 0 Å². The predicted octanol–water partition coefficient (Wildman–Crippen LogP) is 2.18. The molecular weight excluding hydrogens is 267 g/mol. The first-order valence-electron chi connectivity index (χ1n) is 4.68. The molecule has 0 heterocycles. The summed E-state index contributed by atoms with van der Waals surface area (Å²) >= 11 is 0. The van der Waals surface area contributed by atoms with E-state index in [0.717, 1.165) is 0 Å². The first-order valence-corrected chi connectivity index (χ1v) is 4.68. The monoisotopic (exact) mass is 278 g/mol. The average molecular weight is 278 g/mol. The number of carbonyl (C=O) groups is 2. The summed E-state index contributed by atoms with van der Waals surface area (Å²) in [6.07, 6.45) is -1.14. The Balaban J connectivity index is 5.44. The molecule has 0 spiro atoms. The molecule has 2 N–H and O–H groups in total. The van der Waals surface area contributed by atoms with Crippen LogP contribution in [0.5, 0.6) is 0 Å². The molecule has 0 aliphatic rings. The highest BCUT2D eigenvalue weighted by atomic mass is 19.3. The molecule has 4 nitrogen and oxygen atoms in total. The lowest BCUT2D eigenvalue weighted by molar-refractivity contribution is -0.275. The maximum atomic E-state index is 13.7. The van der Waals surface area contributed by atoms with E-state index in [1.54, 1.807) is 0 Å². The van der Waals surface area contributed by atoms with Gasteiger partial charge in [-0.1, -0.05) is 6.92 Å². The molecule has 0 fully saturated rings. The van der Waals surface area contributed by atoms with Gasteiger partial charge in [0.05, 0.1) is 6.42 Å². The molecule has 0 aromatic carbocycles. The van der Waals surface area contributed by atoms with Gasteiger partial charge in [-0.3, -0.25) is 4.79 Å². The van der Waals surface area contributed by atoms with E-state index in [9.17, 15) is 31.5 Å². The smallest absolute Gasteiger partial charge is 0.407 e. The molecule has 0 aliphatic carbocycles. The highest BCUT2D eigenvalue weighted by Gasteiger charge is 2.73. The van der Waals surface area contributed by atoms with Crippen LogP contribution in [0.25, 0.3) is 0 Å². The summed E-state index contributed by atoms with van der Waals surface area (Å²) in [6.45, 7) is 0.734. The zero-order chi connectivity index (χ0) is 14.9. The van der Waals surface area contributed by atoms with E-state index >= 15 is 0 Å². The molecule has 2 unspecified atom stereocenters. The van der Waals surface area contributed by atoms with Crippen molar-refractivity contribution in [1.82, 2.24) is 0 Å². The summed E-state index contributed by atoms with van der Waals surface area (Å²) in [5, 5.41) is 16.3. The second kappa shape index (κ2) is 4.69. The van der Waals surface area contributed by atoms with E-state index in [1.165, 1.54) is 0 Å². The van der Waals surface area contributed by atoms with Gasteiger partial charge >= 0.3 is 23.8 Å². The second-order valence-electron chi connectivity index (χ2n) is 4.03. The van der Waals surface area contributed by atoms with Crippen LogP contribution < -0.4 is 0 Å². The molecule has 0 amide bonds. The number of alkyl halides is 5. The topological polar surface area (TPSA) is 74.6 Å². The van der Waals surface area contributed by atoms with E-state index in [2.05, 4.69) is 0 Å². The van der Waals surface area contributed by atoms with Crippen molar-refractivity contribution in [2.45, 2.75) is 37.8 Å². The van der Waals surface area contributed by atoms with Crippen molar-refractivity contribution < 1.29 is 41.8 Å². The van der Waals surface area contributed by atoms with Crippen molar-refractivity contribution >= 4 is 11.9 Å². The van der Waals surface area contributed by atoms with Gasteiger partial charge in [0.15, 0.2) is 5.67 Å². The molecule has 0 aromatic heterocycles. The molecule has 0 saturated carbocycles. The molecule has 18 heavy (non-hydrogen) atoms.